The lowest BCUT2D eigenvalue weighted by Crippen LogP contribution is -2.13. The molecule has 4 rings (SSSR count). The molecule has 0 saturated carbocycles. The van der Waals surface area contributed by atoms with Crippen molar-refractivity contribution in [2.24, 2.45) is 0 Å². The van der Waals surface area contributed by atoms with E-state index in [4.69, 9.17) is 9.47 Å². The van der Waals surface area contributed by atoms with Crippen LogP contribution in [0.15, 0.2) is 64.5 Å². The molecule has 7 heteroatoms. The maximum atomic E-state index is 13.1. The Morgan fingerprint density at radius 3 is 2.71 bits per heavy atom. The van der Waals surface area contributed by atoms with Gasteiger partial charge in [0.05, 0.1) is 29.6 Å². The second kappa shape index (κ2) is 8.26. The molecule has 142 valence electrons. The van der Waals surface area contributed by atoms with E-state index in [0.29, 0.717) is 23.1 Å². The molecule has 4 aromatic rings. The fraction of sp³-hybridized carbons (Fsp3) is 0.143. The summed E-state index contributed by atoms with van der Waals surface area (Å²) in [5.41, 5.74) is 2.59. The number of halogens is 1. The monoisotopic (exact) mass is 456 g/mol. The highest BCUT2D eigenvalue weighted by Gasteiger charge is 2.22. The van der Waals surface area contributed by atoms with Gasteiger partial charge in [-0.15, -0.1) is 11.3 Å². The van der Waals surface area contributed by atoms with Gasteiger partial charge in [0.25, 0.3) is 0 Å². The zero-order valence-corrected chi connectivity index (χ0v) is 17.5. The first-order valence-electron chi connectivity index (χ1n) is 8.61. The highest BCUT2D eigenvalue weighted by molar-refractivity contribution is 9.10. The molecule has 0 atom stereocenters. The van der Waals surface area contributed by atoms with Crippen LogP contribution in [0.5, 0.6) is 5.75 Å². The van der Waals surface area contributed by atoms with Crippen LogP contribution in [0.1, 0.15) is 21.1 Å². The third-order valence-electron chi connectivity index (χ3n) is 4.31. The number of thiophene rings is 1. The SMILES string of the molecule is COc1ccc2nc(C(=O)c3sccc3Br)n(COCc3ccccc3)c2c1. The molecule has 0 fully saturated rings. The maximum absolute atomic E-state index is 13.1. The van der Waals surface area contributed by atoms with Crippen molar-refractivity contribution >= 4 is 44.1 Å². The summed E-state index contributed by atoms with van der Waals surface area (Å²) in [5.74, 6) is 0.910. The van der Waals surface area contributed by atoms with Gasteiger partial charge in [0, 0.05) is 10.5 Å². The number of ketones is 1. The van der Waals surface area contributed by atoms with Crippen molar-refractivity contribution in [2.75, 3.05) is 7.11 Å². The summed E-state index contributed by atoms with van der Waals surface area (Å²) in [5, 5.41) is 1.87. The van der Waals surface area contributed by atoms with Crippen LogP contribution >= 0.6 is 27.3 Å². The van der Waals surface area contributed by atoms with Crippen LogP contribution in [0.3, 0.4) is 0 Å². The minimum absolute atomic E-state index is 0.139. The van der Waals surface area contributed by atoms with Crippen LogP contribution in [-0.4, -0.2) is 22.4 Å². The Bertz CT molecular complexity index is 1120. The van der Waals surface area contributed by atoms with E-state index in [2.05, 4.69) is 20.9 Å². The van der Waals surface area contributed by atoms with Gasteiger partial charge in [0.1, 0.15) is 12.5 Å². The Labute approximate surface area is 174 Å². The fourth-order valence-electron chi connectivity index (χ4n) is 2.92. The lowest BCUT2D eigenvalue weighted by molar-refractivity contribution is 0.0635. The molecule has 0 amide bonds. The molecule has 0 radical (unpaired) electrons. The molecule has 0 spiro atoms. The van der Waals surface area contributed by atoms with Crippen LogP contribution in [-0.2, 0) is 18.1 Å². The molecule has 0 aliphatic carbocycles. The summed E-state index contributed by atoms with van der Waals surface area (Å²) >= 11 is 4.82. The number of nitrogens with zero attached hydrogens (tertiary/aromatic N) is 2. The van der Waals surface area contributed by atoms with E-state index >= 15 is 0 Å². The Kier molecular flexibility index (Phi) is 5.57. The molecule has 0 N–H and O–H groups in total. The number of rotatable bonds is 7. The number of ether oxygens (including phenoxy) is 2. The summed E-state index contributed by atoms with van der Waals surface area (Å²) < 4.78 is 13.8. The zero-order chi connectivity index (χ0) is 19.5. The minimum atomic E-state index is -0.139. The maximum Gasteiger partial charge on any atom is 0.239 e. The van der Waals surface area contributed by atoms with Crippen molar-refractivity contribution in [1.29, 1.82) is 0 Å². The Hall–Kier alpha value is -2.48. The van der Waals surface area contributed by atoms with Gasteiger partial charge < -0.3 is 9.47 Å². The van der Waals surface area contributed by atoms with E-state index in [1.807, 2.05) is 60.0 Å². The van der Waals surface area contributed by atoms with Gasteiger partial charge in [-0.2, -0.15) is 0 Å². The van der Waals surface area contributed by atoms with Crippen molar-refractivity contribution in [1.82, 2.24) is 9.55 Å². The molecule has 0 aliphatic heterocycles. The zero-order valence-electron chi connectivity index (χ0n) is 15.1. The summed E-state index contributed by atoms with van der Waals surface area (Å²) in [6, 6.07) is 17.3. The molecule has 2 aromatic heterocycles. The molecule has 0 unspecified atom stereocenters. The van der Waals surface area contributed by atoms with Gasteiger partial charge in [-0.25, -0.2) is 4.98 Å². The van der Waals surface area contributed by atoms with Crippen LogP contribution in [0.4, 0.5) is 0 Å². The number of carbonyl (C=O) groups is 1. The lowest BCUT2D eigenvalue weighted by Gasteiger charge is -2.10. The normalized spacial score (nSPS) is 11.1. The predicted octanol–water partition coefficient (Wildman–Crippen LogP) is 5.27. The van der Waals surface area contributed by atoms with Crippen molar-refractivity contribution in [2.45, 2.75) is 13.3 Å². The Balaban J connectivity index is 1.70. The van der Waals surface area contributed by atoms with E-state index in [9.17, 15) is 4.79 Å². The topological polar surface area (TPSA) is 53.3 Å². The van der Waals surface area contributed by atoms with Crippen LogP contribution in [0.25, 0.3) is 11.0 Å². The van der Waals surface area contributed by atoms with Crippen LogP contribution in [0.2, 0.25) is 0 Å². The quantitative estimate of drug-likeness (QED) is 0.355. The highest BCUT2D eigenvalue weighted by Crippen LogP contribution is 2.28. The van der Waals surface area contributed by atoms with Gasteiger partial charge >= 0.3 is 0 Å². The number of hydrogen-bond donors (Lipinski definition) is 0. The number of fused-ring (bicyclic) bond motifs is 1. The van der Waals surface area contributed by atoms with Gasteiger partial charge in [-0.1, -0.05) is 30.3 Å². The summed E-state index contributed by atoms with van der Waals surface area (Å²) in [7, 11) is 1.61. The van der Waals surface area contributed by atoms with E-state index in [1.165, 1.54) is 11.3 Å². The predicted molar refractivity (Wildman–Crippen MR) is 113 cm³/mol. The van der Waals surface area contributed by atoms with Crippen molar-refractivity contribution in [3.63, 3.8) is 0 Å². The first-order chi connectivity index (χ1) is 13.7. The summed E-state index contributed by atoms with van der Waals surface area (Å²) in [6.45, 7) is 0.656. The lowest BCUT2D eigenvalue weighted by atomic mass is 10.2. The first-order valence-corrected chi connectivity index (χ1v) is 10.3. The highest BCUT2D eigenvalue weighted by atomic mass is 79.9. The third-order valence-corrected chi connectivity index (χ3v) is 6.15. The largest absolute Gasteiger partial charge is 0.497 e. The van der Waals surface area contributed by atoms with E-state index in [0.717, 1.165) is 21.1 Å². The molecular formula is C21H17BrN2O3S. The van der Waals surface area contributed by atoms with E-state index in [-0.39, 0.29) is 12.5 Å². The molecule has 2 aromatic carbocycles. The van der Waals surface area contributed by atoms with E-state index in [1.54, 1.807) is 11.7 Å². The second-order valence-corrected chi connectivity index (χ2v) is 7.88. The van der Waals surface area contributed by atoms with E-state index < -0.39 is 0 Å². The Morgan fingerprint density at radius 1 is 1.18 bits per heavy atom. The first kappa shape index (κ1) is 18.9. The minimum Gasteiger partial charge on any atom is -0.497 e. The van der Waals surface area contributed by atoms with Gasteiger partial charge in [-0.3, -0.25) is 9.36 Å². The number of aromatic nitrogens is 2. The number of hydrogen-bond acceptors (Lipinski definition) is 5. The van der Waals surface area contributed by atoms with Crippen molar-refractivity contribution in [3.8, 4) is 5.75 Å². The standard InChI is InChI=1S/C21H17BrN2O3S/c1-26-15-7-8-17-18(11-15)24(13-27-12-14-5-3-2-4-6-14)21(23-17)19(25)20-16(22)9-10-28-20/h2-11H,12-13H2,1H3. The van der Waals surface area contributed by atoms with Crippen LogP contribution in [0, 0.1) is 0 Å². The molecule has 0 saturated heterocycles. The number of benzene rings is 2. The molecule has 5 nitrogen and oxygen atoms in total. The van der Waals surface area contributed by atoms with Crippen molar-refractivity contribution < 1.29 is 14.3 Å². The number of imidazole rings is 1. The second-order valence-electron chi connectivity index (χ2n) is 6.11. The average Bonchev–Trinajstić information content (AvgIpc) is 3.31. The Morgan fingerprint density at radius 2 is 2.00 bits per heavy atom. The average molecular weight is 457 g/mol. The van der Waals surface area contributed by atoms with Gasteiger partial charge in [-0.05, 0) is 45.1 Å². The summed E-state index contributed by atoms with van der Waals surface area (Å²) in [4.78, 5) is 18.3. The molecule has 2 heterocycles. The number of carbonyl (C=O) groups excluding carboxylic acids is 1. The third kappa shape index (κ3) is 3.73. The molecule has 0 aliphatic rings. The number of methoxy groups -OCH3 is 1. The molecule has 0 bridgehead atoms. The van der Waals surface area contributed by atoms with Crippen LogP contribution < -0.4 is 4.74 Å². The van der Waals surface area contributed by atoms with Gasteiger partial charge in [0.15, 0.2) is 5.82 Å². The molecular weight excluding hydrogens is 440 g/mol. The summed E-state index contributed by atoms with van der Waals surface area (Å²) in [6.07, 6.45) is 0. The van der Waals surface area contributed by atoms with Crippen molar-refractivity contribution in [3.05, 3.63) is 80.7 Å². The van der Waals surface area contributed by atoms with Gasteiger partial charge in [0.2, 0.25) is 5.78 Å². The fourth-order valence-corrected chi connectivity index (χ4v) is 4.41. The molecule has 28 heavy (non-hydrogen) atoms. The smallest absolute Gasteiger partial charge is 0.239 e.